The van der Waals surface area contributed by atoms with Crippen molar-refractivity contribution in [1.82, 2.24) is 10.2 Å². The van der Waals surface area contributed by atoms with Crippen molar-refractivity contribution in [1.29, 1.82) is 0 Å². The van der Waals surface area contributed by atoms with Crippen LogP contribution < -0.4 is 5.32 Å². The first kappa shape index (κ1) is 16.0. The van der Waals surface area contributed by atoms with Crippen LogP contribution in [0.2, 0.25) is 0 Å². The number of benzene rings is 1. The van der Waals surface area contributed by atoms with Gasteiger partial charge in [-0.3, -0.25) is 4.79 Å². The van der Waals surface area contributed by atoms with Crippen molar-refractivity contribution in [2.75, 3.05) is 19.6 Å². The molecule has 0 spiro atoms. The summed E-state index contributed by atoms with van der Waals surface area (Å²) in [6.07, 6.45) is 4.18. The summed E-state index contributed by atoms with van der Waals surface area (Å²) in [5.41, 5.74) is 1.21. The molecule has 1 aromatic carbocycles. The van der Waals surface area contributed by atoms with Gasteiger partial charge in [0.1, 0.15) is 0 Å². The fraction of sp³-hybridized carbons (Fsp3) is 0.533. The Bertz CT molecular complexity index is 459. The van der Waals surface area contributed by atoms with Crippen LogP contribution in [0.5, 0.6) is 0 Å². The first-order chi connectivity index (χ1) is 9.66. The molecule has 1 aliphatic rings. The van der Waals surface area contributed by atoms with Gasteiger partial charge in [-0.05, 0) is 68.8 Å². The highest BCUT2D eigenvalue weighted by atomic mass is 79.9. The minimum Gasteiger partial charge on any atom is -0.343 e. The largest absolute Gasteiger partial charge is 0.343 e. The van der Waals surface area contributed by atoms with Gasteiger partial charge in [-0.1, -0.05) is 6.07 Å². The van der Waals surface area contributed by atoms with Crippen molar-refractivity contribution in [2.24, 2.45) is 0 Å². The maximum Gasteiger partial charge on any atom is 0.223 e. The minimum atomic E-state index is 0.286. The van der Waals surface area contributed by atoms with E-state index < -0.39 is 0 Å². The lowest BCUT2D eigenvalue weighted by molar-refractivity contribution is -0.131. The van der Waals surface area contributed by atoms with Crippen molar-refractivity contribution >= 4 is 37.8 Å². The van der Waals surface area contributed by atoms with E-state index in [0.717, 1.165) is 48.0 Å². The quantitative estimate of drug-likeness (QED) is 0.760. The molecule has 3 nitrogen and oxygen atoms in total. The fourth-order valence-corrected chi connectivity index (χ4v) is 3.05. The van der Waals surface area contributed by atoms with Crippen molar-refractivity contribution in [3.63, 3.8) is 0 Å². The molecule has 110 valence electrons. The topological polar surface area (TPSA) is 32.3 Å². The molecule has 1 fully saturated rings. The summed E-state index contributed by atoms with van der Waals surface area (Å²) in [5.74, 6) is 0.286. The summed E-state index contributed by atoms with van der Waals surface area (Å²) in [7, 11) is 0. The Morgan fingerprint density at radius 1 is 1.15 bits per heavy atom. The van der Waals surface area contributed by atoms with Crippen molar-refractivity contribution in [3.05, 3.63) is 32.7 Å². The Morgan fingerprint density at radius 2 is 1.90 bits per heavy atom. The van der Waals surface area contributed by atoms with Crippen molar-refractivity contribution in [2.45, 2.75) is 32.2 Å². The van der Waals surface area contributed by atoms with Gasteiger partial charge in [0, 0.05) is 41.5 Å². The molecule has 2 rings (SSSR count). The first-order valence-corrected chi connectivity index (χ1v) is 8.68. The molecule has 0 bridgehead atoms. The predicted octanol–water partition coefficient (Wildman–Crippen LogP) is 3.70. The third-order valence-electron chi connectivity index (χ3n) is 3.54. The normalized spacial score (nSPS) is 15.4. The Labute approximate surface area is 137 Å². The molecule has 1 N–H and O–H groups in total. The minimum absolute atomic E-state index is 0.286. The van der Waals surface area contributed by atoms with Crippen LogP contribution in [-0.2, 0) is 11.3 Å². The number of hydrogen-bond donors (Lipinski definition) is 1. The van der Waals surface area contributed by atoms with E-state index in [1.54, 1.807) is 0 Å². The smallest absolute Gasteiger partial charge is 0.223 e. The molecule has 1 heterocycles. The van der Waals surface area contributed by atoms with Gasteiger partial charge in [0.25, 0.3) is 0 Å². The summed E-state index contributed by atoms with van der Waals surface area (Å²) in [4.78, 5) is 14.0. The Hall–Kier alpha value is -0.390. The van der Waals surface area contributed by atoms with Gasteiger partial charge in [-0.2, -0.15) is 0 Å². The van der Waals surface area contributed by atoms with E-state index in [-0.39, 0.29) is 5.91 Å². The zero-order valence-corrected chi connectivity index (χ0v) is 14.7. The Kier molecular flexibility index (Phi) is 6.52. The van der Waals surface area contributed by atoms with E-state index in [0.29, 0.717) is 6.42 Å². The number of rotatable bonds is 5. The maximum absolute atomic E-state index is 12.0. The van der Waals surface area contributed by atoms with Crippen molar-refractivity contribution in [3.8, 4) is 0 Å². The molecule has 0 radical (unpaired) electrons. The molecule has 0 aromatic heterocycles. The molecule has 1 aliphatic heterocycles. The van der Waals surface area contributed by atoms with Crippen LogP contribution in [0.3, 0.4) is 0 Å². The monoisotopic (exact) mass is 402 g/mol. The number of piperidine rings is 1. The molecular weight excluding hydrogens is 384 g/mol. The summed E-state index contributed by atoms with van der Waals surface area (Å²) in [6.45, 7) is 3.42. The van der Waals surface area contributed by atoms with E-state index in [2.05, 4.69) is 49.3 Å². The summed E-state index contributed by atoms with van der Waals surface area (Å²) < 4.78 is 2.11. The van der Waals surface area contributed by atoms with Gasteiger partial charge in [0.05, 0.1) is 0 Å². The number of likely N-dealkylation sites (tertiary alicyclic amines) is 1. The molecular formula is C15H20Br2N2O. The van der Waals surface area contributed by atoms with Crippen molar-refractivity contribution < 1.29 is 4.79 Å². The second-order valence-electron chi connectivity index (χ2n) is 5.12. The number of halogens is 2. The molecule has 0 saturated carbocycles. The summed E-state index contributed by atoms with van der Waals surface area (Å²) in [5, 5.41) is 3.33. The number of amides is 1. The average molecular weight is 404 g/mol. The third kappa shape index (κ3) is 4.86. The van der Waals surface area contributed by atoms with E-state index in [4.69, 9.17) is 0 Å². The molecule has 1 amide bonds. The summed E-state index contributed by atoms with van der Waals surface area (Å²) >= 11 is 6.95. The third-order valence-corrected chi connectivity index (χ3v) is 5.42. The maximum atomic E-state index is 12.0. The van der Waals surface area contributed by atoms with E-state index >= 15 is 0 Å². The number of hydrogen-bond acceptors (Lipinski definition) is 2. The lowest BCUT2D eigenvalue weighted by Gasteiger charge is -2.26. The standard InChI is InChI=1S/C15H20Br2N2O/c16-13-5-4-12(10-14(13)17)11-18-7-6-15(20)19-8-2-1-3-9-19/h4-5,10,18H,1-3,6-9,11H2. The first-order valence-electron chi connectivity index (χ1n) is 7.09. The van der Waals surface area contributed by atoms with Gasteiger partial charge in [-0.15, -0.1) is 0 Å². The predicted molar refractivity (Wildman–Crippen MR) is 88.6 cm³/mol. The molecule has 5 heteroatoms. The Balaban J connectivity index is 1.68. The molecule has 1 saturated heterocycles. The number of carbonyl (C=O) groups excluding carboxylic acids is 1. The van der Waals surface area contributed by atoms with E-state index in [1.807, 2.05) is 11.0 Å². The number of nitrogens with one attached hydrogen (secondary N) is 1. The van der Waals surface area contributed by atoms with Crippen LogP contribution in [-0.4, -0.2) is 30.4 Å². The van der Waals surface area contributed by atoms with Crippen LogP contribution in [0, 0.1) is 0 Å². The second kappa shape index (κ2) is 8.15. The van der Waals surface area contributed by atoms with E-state index in [9.17, 15) is 4.79 Å². The summed E-state index contributed by atoms with van der Waals surface area (Å²) in [6, 6.07) is 6.19. The molecule has 0 atom stereocenters. The van der Waals surface area contributed by atoms with E-state index in [1.165, 1.54) is 12.0 Å². The van der Waals surface area contributed by atoms with Crippen LogP contribution in [0.15, 0.2) is 27.1 Å². The van der Waals surface area contributed by atoms with Crippen LogP contribution in [0.4, 0.5) is 0 Å². The lowest BCUT2D eigenvalue weighted by atomic mass is 10.1. The fourth-order valence-electron chi connectivity index (χ4n) is 2.38. The zero-order valence-electron chi connectivity index (χ0n) is 11.5. The zero-order chi connectivity index (χ0) is 14.4. The van der Waals surface area contributed by atoms with Gasteiger partial charge in [-0.25, -0.2) is 0 Å². The van der Waals surface area contributed by atoms with Gasteiger partial charge < -0.3 is 10.2 Å². The van der Waals surface area contributed by atoms with Gasteiger partial charge in [0.2, 0.25) is 5.91 Å². The molecule has 0 unspecified atom stereocenters. The SMILES string of the molecule is O=C(CCNCc1ccc(Br)c(Br)c1)N1CCCCC1. The number of carbonyl (C=O) groups is 1. The van der Waals surface area contributed by atoms with Gasteiger partial charge >= 0.3 is 0 Å². The lowest BCUT2D eigenvalue weighted by Crippen LogP contribution is -2.37. The molecule has 0 aliphatic carbocycles. The highest BCUT2D eigenvalue weighted by Crippen LogP contribution is 2.23. The highest BCUT2D eigenvalue weighted by Gasteiger charge is 2.15. The molecule has 20 heavy (non-hydrogen) atoms. The van der Waals surface area contributed by atoms with Crippen LogP contribution in [0.25, 0.3) is 0 Å². The molecule has 1 aromatic rings. The van der Waals surface area contributed by atoms with Crippen LogP contribution in [0.1, 0.15) is 31.2 Å². The van der Waals surface area contributed by atoms with Gasteiger partial charge in [0.15, 0.2) is 0 Å². The average Bonchev–Trinajstić information content (AvgIpc) is 2.48. The Morgan fingerprint density at radius 3 is 2.60 bits per heavy atom. The van der Waals surface area contributed by atoms with Crippen LogP contribution >= 0.6 is 31.9 Å². The second-order valence-corrected chi connectivity index (χ2v) is 6.83. The number of nitrogens with zero attached hydrogens (tertiary/aromatic N) is 1. The highest BCUT2D eigenvalue weighted by molar-refractivity contribution is 9.13.